The van der Waals surface area contributed by atoms with Crippen LogP contribution in [0.5, 0.6) is 0 Å². The predicted octanol–water partition coefficient (Wildman–Crippen LogP) is 33.1. The standard InChI is InChI=1S/C124H101BN2O2/c1-121(2,3)94-66-89(80-41-23-15-24-42-80)64-91(68-94)84-58-60-108-107(70-84)125-106-59-57-85(88-62-86(78-37-19-13-20-38-78)61-87(63-88)79-39-21-14-22-40-79)71-109(106)127(119-102(82-45-27-17-28-46-82)74-96(123(7,8)9)75-103(119)83-47-29-18-30-48-83)111-73-93(92-65-90(81-43-25-16-26-44-81)67-95(69-92)122(4,5)6)72-110(118(111)125)126(108)120-104(98-51-35-55-114-116(98)100-49-31-33-53-112(100)128-114)76-97(124(10,11)12)77-105(120)99-52-36-56-115-117(99)101-50-32-34-54-113(101)129-115/h13-77H,1-12H3. The quantitative estimate of drug-likeness (QED) is 0.108. The molecule has 2 aliphatic heterocycles. The minimum atomic E-state index is -0.399. The highest BCUT2D eigenvalue weighted by molar-refractivity contribution is 7.00. The summed E-state index contributed by atoms with van der Waals surface area (Å²) in [5.41, 5.74) is 41.8. The molecule has 4 nitrogen and oxygen atoms in total. The van der Waals surface area contributed by atoms with E-state index in [1.54, 1.807) is 0 Å². The monoisotopic (exact) mass is 1660 g/mol. The van der Waals surface area contributed by atoms with Crippen molar-refractivity contribution in [2.24, 2.45) is 0 Å². The number of hydrogen-bond acceptors (Lipinski definition) is 4. The Balaban J connectivity index is 0.961. The molecule has 18 aromatic carbocycles. The van der Waals surface area contributed by atoms with Crippen molar-refractivity contribution in [2.75, 3.05) is 9.80 Å². The fourth-order valence-electron chi connectivity index (χ4n) is 20.1. The van der Waals surface area contributed by atoms with Crippen LogP contribution in [0.3, 0.4) is 0 Å². The average molecular weight is 1660 g/mol. The molecule has 0 atom stereocenters. The van der Waals surface area contributed by atoms with Gasteiger partial charge in [-0.25, -0.2) is 0 Å². The second-order valence-electron chi connectivity index (χ2n) is 39.6. The number of hydrogen-bond donors (Lipinski definition) is 0. The summed E-state index contributed by atoms with van der Waals surface area (Å²) in [4.78, 5) is 5.51. The van der Waals surface area contributed by atoms with E-state index < -0.39 is 6.71 Å². The molecule has 22 rings (SSSR count). The van der Waals surface area contributed by atoms with Crippen molar-refractivity contribution in [3.8, 4) is 122 Å². The largest absolute Gasteiger partial charge is 0.456 e. The number of fused-ring (bicyclic) bond motifs is 10. The molecule has 0 saturated carbocycles. The zero-order chi connectivity index (χ0) is 87.9. The van der Waals surface area contributed by atoms with Crippen molar-refractivity contribution in [2.45, 2.75) is 105 Å². The van der Waals surface area contributed by atoms with Crippen LogP contribution in [0.4, 0.5) is 34.1 Å². The van der Waals surface area contributed by atoms with Gasteiger partial charge in [-0.3, -0.25) is 0 Å². The number of nitrogens with zero attached hydrogens (tertiary/aromatic N) is 2. The Morgan fingerprint density at radius 3 is 0.899 bits per heavy atom. The third kappa shape index (κ3) is 14.3. The first kappa shape index (κ1) is 80.1. The summed E-state index contributed by atoms with van der Waals surface area (Å²) < 4.78 is 14.2. The molecule has 0 aliphatic carbocycles. The van der Waals surface area contributed by atoms with Gasteiger partial charge in [0.2, 0.25) is 0 Å². The van der Waals surface area contributed by atoms with Crippen molar-refractivity contribution >= 4 is 101 Å². The molecule has 622 valence electrons. The minimum absolute atomic E-state index is 0.197. The van der Waals surface area contributed by atoms with Crippen molar-refractivity contribution in [3.05, 3.63) is 417 Å². The highest BCUT2D eigenvalue weighted by atomic mass is 16.3. The average Bonchev–Trinajstić information content (AvgIpc) is 0.845. The van der Waals surface area contributed by atoms with Crippen LogP contribution in [0, 0.1) is 0 Å². The van der Waals surface area contributed by atoms with Crippen LogP contribution in [-0.4, -0.2) is 6.71 Å². The lowest BCUT2D eigenvalue weighted by atomic mass is 9.33. The van der Waals surface area contributed by atoms with Crippen LogP contribution in [-0.2, 0) is 21.7 Å². The van der Waals surface area contributed by atoms with Gasteiger partial charge in [-0.15, -0.1) is 0 Å². The lowest BCUT2D eigenvalue weighted by Gasteiger charge is -2.46. The van der Waals surface area contributed by atoms with Gasteiger partial charge in [0.05, 0.1) is 11.4 Å². The van der Waals surface area contributed by atoms with Crippen molar-refractivity contribution in [3.63, 3.8) is 0 Å². The molecule has 20 aromatic rings. The minimum Gasteiger partial charge on any atom is -0.456 e. The predicted molar refractivity (Wildman–Crippen MR) is 550 cm³/mol. The van der Waals surface area contributed by atoms with Gasteiger partial charge in [0.25, 0.3) is 6.71 Å². The van der Waals surface area contributed by atoms with Crippen molar-refractivity contribution in [1.29, 1.82) is 0 Å². The Labute approximate surface area is 758 Å². The van der Waals surface area contributed by atoms with Crippen LogP contribution in [0.25, 0.3) is 166 Å². The highest BCUT2D eigenvalue weighted by Crippen LogP contribution is 2.58. The molecule has 5 heteroatoms. The zero-order valence-corrected chi connectivity index (χ0v) is 75.3. The van der Waals surface area contributed by atoms with Crippen LogP contribution in [0.2, 0.25) is 0 Å². The van der Waals surface area contributed by atoms with Gasteiger partial charge in [0.1, 0.15) is 22.3 Å². The summed E-state index contributed by atoms with van der Waals surface area (Å²) in [6.45, 7) is 27.9. The van der Waals surface area contributed by atoms with Gasteiger partial charge in [-0.2, -0.15) is 0 Å². The van der Waals surface area contributed by atoms with Crippen LogP contribution < -0.4 is 26.2 Å². The van der Waals surface area contributed by atoms with Crippen molar-refractivity contribution in [1.82, 2.24) is 0 Å². The van der Waals surface area contributed by atoms with E-state index in [1.807, 2.05) is 0 Å². The molecule has 0 N–H and O–H groups in total. The Kier molecular flexibility index (Phi) is 19.3. The van der Waals surface area contributed by atoms with E-state index in [2.05, 4.69) is 487 Å². The lowest BCUT2D eigenvalue weighted by Crippen LogP contribution is -2.61. The molecule has 0 radical (unpaired) electrons. The molecule has 2 aliphatic rings. The number of rotatable bonds is 13. The molecule has 0 saturated heterocycles. The first-order chi connectivity index (χ1) is 62.5. The van der Waals surface area contributed by atoms with Gasteiger partial charge in [0, 0.05) is 66.5 Å². The molecule has 0 unspecified atom stereocenters. The number of para-hydroxylation sites is 2. The normalized spacial score (nSPS) is 12.8. The highest BCUT2D eigenvalue weighted by Gasteiger charge is 2.47. The van der Waals surface area contributed by atoms with E-state index in [9.17, 15) is 0 Å². The van der Waals surface area contributed by atoms with Gasteiger partial charge < -0.3 is 18.6 Å². The fraction of sp³-hybridized carbons (Fsp3) is 0.129. The Bertz CT molecular complexity index is 7550. The molecule has 0 bridgehead atoms. The maximum atomic E-state index is 7.09. The summed E-state index contributed by atoms with van der Waals surface area (Å²) in [6.07, 6.45) is 0. The maximum Gasteiger partial charge on any atom is 0.252 e. The Morgan fingerprint density at radius 1 is 0.194 bits per heavy atom. The fourth-order valence-corrected chi connectivity index (χ4v) is 20.1. The van der Waals surface area contributed by atoms with E-state index in [4.69, 9.17) is 8.83 Å². The summed E-state index contributed by atoms with van der Waals surface area (Å²) in [5.74, 6) is 0. The van der Waals surface area contributed by atoms with Gasteiger partial charge >= 0.3 is 0 Å². The molecule has 0 fully saturated rings. The number of furan rings is 2. The van der Waals surface area contributed by atoms with E-state index in [0.29, 0.717) is 0 Å². The number of anilines is 6. The first-order valence-electron chi connectivity index (χ1n) is 45.5. The van der Waals surface area contributed by atoms with Crippen LogP contribution in [0.1, 0.15) is 105 Å². The smallest absolute Gasteiger partial charge is 0.252 e. The van der Waals surface area contributed by atoms with E-state index >= 15 is 0 Å². The van der Waals surface area contributed by atoms with E-state index in [-0.39, 0.29) is 21.7 Å². The summed E-state index contributed by atoms with van der Waals surface area (Å²) in [7, 11) is 0. The molecule has 4 heterocycles. The molecule has 0 spiro atoms. The molecule has 2 aromatic heterocycles. The summed E-state index contributed by atoms with van der Waals surface area (Å²) in [5, 5.41) is 4.22. The second-order valence-corrected chi connectivity index (χ2v) is 39.6. The first-order valence-corrected chi connectivity index (χ1v) is 45.5. The molecule has 129 heavy (non-hydrogen) atoms. The van der Waals surface area contributed by atoms with Gasteiger partial charge in [-0.1, -0.05) is 374 Å². The van der Waals surface area contributed by atoms with Crippen LogP contribution >= 0.6 is 0 Å². The van der Waals surface area contributed by atoms with E-state index in [0.717, 1.165) is 189 Å². The third-order valence-electron chi connectivity index (χ3n) is 27.0. The third-order valence-corrected chi connectivity index (χ3v) is 27.0. The van der Waals surface area contributed by atoms with Gasteiger partial charge in [-0.05, 0) is 264 Å². The topological polar surface area (TPSA) is 32.8 Å². The van der Waals surface area contributed by atoms with Gasteiger partial charge in [0.15, 0.2) is 0 Å². The van der Waals surface area contributed by atoms with Crippen LogP contribution in [0.15, 0.2) is 403 Å². The SMILES string of the molecule is CC(C)(C)c1cc(-c2ccccc2)cc(-c2ccc3c(c2)B2c4ccc(-c5cc(-c6ccccc6)cc(-c6ccccc6)c5)cc4N(c4c(-c5ccccc5)cc(C(C)(C)C)cc4-c4ccccc4)c4cc(-c5cc(-c6ccccc6)cc(C(C)(C)C)c5)cc(c42)N3c2c(-c3cccc4oc5ccccc5c34)cc(C(C)(C)C)cc2-c2cccc3oc4ccccc4c23)c1. The summed E-state index contributed by atoms with van der Waals surface area (Å²) >= 11 is 0. The Hall–Kier alpha value is -14.8. The molecular weight excluding hydrogens is 1560 g/mol. The molecule has 0 amide bonds. The maximum absolute atomic E-state index is 7.09. The van der Waals surface area contributed by atoms with E-state index in [1.165, 1.54) is 49.8 Å². The second kappa shape index (κ2) is 31.1. The number of benzene rings is 18. The van der Waals surface area contributed by atoms with Crippen molar-refractivity contribution < 1.29 is 8.83 Å². The zero-order valence-electron chi connectivity index (χ0n) is 75.3. The Morgan fingerprint density at radius 2 is 0.488 bits per heavy atom. The lowest BCUT2D eigenvalue weighted by molar-refractivity contribution is 0.590. The molecular formula is C124H101BN2O2. The summed E-state index contributed by atoms with van der Waals surface area (Å²) in [6, 6.07) is 149.